The summed E-state index contributed by atoms with van der Waals surface area (Å²) >= 11 is 5.92. The third kappa shape index (κ3) is 6.51. The smallest absolute Gasteiger partial charge is 0.393 e. The van der Waals surface area contributed by atoms with Crippen molar-refractivity contribution in [2.75, 3.05) is 25.5 Å². The van der Waals surface area contributed by atoms with Gasteiger partial charge in [-0.2, -0.15) is 13.2 Å². The molecule has 1 unspecified atom stereocenters. The monoisotopic (exact) mass is 529 g/mol. The van der Waals surface area contributed by atoms with Gasteiger partial charge >= 0.3 is 6.18 Å². The second-order valence-corrected chi connectivity index (χ2v) is 9.01. The van der Waals surface area contributed by atoms with E-state index >= 15 is 0 Å². The summed E-state index contributed by atoms with van der Waals surface area (Å²) in [5.74, 6) is -4.62. The molecule has 2 heterocycles. The van der Waals surface area contributed by atoms with E-state index in [1.54, 1.807) is 38.2 Å². The van der Waals surface area contributed by atoms with Crippen molar-refractivity contribution in [2.24, 2.45) is 5.92 Å². The van der Waals surface area contributed by atoms with Crippen molar-refractivity contribution in [3.63, 3.8) is 0 Å². The van der Waals surface area contributed by atoms with Crippen LogP contribution in [0.3, 0.4) is 0 Å². The van der Waals surface area contributed by atoms with Crippen molar-refractivity contribution in [1.29, 1.82) is 5.41 Å². The van der Waals surface area contributed by atoms with Crippen LogP contribution in [0.5, 0.6) is 0 Å². The minimum atomic E-state index is -4.54. The number of alkyl halides is 5. The highest BCUT2D eigenvalue weighted by Crippen LogP contribution is 2.35. The van der Waals surface area contributed by atoms with E-state index in [9.17, 15) is 26.7 Å². The average Bonchev–Trinajstić information content (AvgIpc) is 2.80. The van der Waals surface area contributed by atoms with Gasteiger partial charge in [0.05, 0.1) is 18.2 Å². The van der Waals surface area contributed by atoms with E-state index in [1.807, 2.05) is 0 Å². The Balaban J connectivity index is 1.84. The van der Waals surface area contributed by atoms with Crippen molar-refractivity contribution in [2.45, 2.75) is 31.5 Å². The Labute approximate surface area is 210 Å². The molecule has 1 fully saturated rings. The summed E-state index contributed by atoms with van der Waals surface area (Å²) in [6.45, 7) is 0.631. The minimum Gasteiger partial charge on any atom is -0.393 e. The maximum absolute atomic E-state index is 14.5. The van der Waals surface area contributed by atoms with Crippen LogP contribution in [0.2, 0.25) is 5.02 Å². The van der Waals surface area contributed by atoms with Crippen LogP contribution < -0.4 is 10.6 Å². The van der Waals surface area contributed by atoms with Gasteiger partial charge in [-0.3, -0.25) is 10.2 Å². The quantitative estimate of drug-likeness (QED) is 0.335. The van der Waals surface area contributed by atoms with Gasteiger partial charge in [-0.05, 0) is 35.7 Å². The number of aromatic nitrogens is 1. The highest BCUT2D eigenvalue weighted by atomic mass is 35.5. The zero-order valence-electron chi connectivity index (χ0n) is 19.5. The van der Waals surface area contributed by atoms with Gasteiger partial charge in [0.2, 0.25) is 0 Å². The number of carbonyl (C=O) groups is 1. The second kappa shape index (κ2) is 10.8. The average molecular weight is 530 g/mol. The predicted octanol–water partition coefficient (Wildman–Crippen LogP) is 5.32. The normalized spacial score (nSPS) is 20.1. The number of halogens is 6. The van der Waals surface area contributed by atoms with Crippen LogP contribution in [0, 0.1) is 11.3 Å². The zero-order chi connectivity index (χ0) is 26.7. The van der Waals surface area contributed by atoms with E-state index in [0.29, 0.717) is 16.8 Å². The zero-order valence-corrected chi connectivity index (χ0v) is 20.2. The first kappa shape index (κ1) is 27.4. The van der Waals surface area contributed by atoms with Crippen LogP contribution in [0.1, 0.15) is 24.5 Å². The molecule has 1 amide bonds. The molecule has 1 aromatic carbocycles. The van der Waals surface area contributed by atoms with Crippen molar-refractivity contribution < 1.29 is 26.7 Å². The highest BCUT2D eigenvalue weighted by Gasteiger charge is 2.46. The van der Waals surface area contributed by atoms with Gasteiger partial charge in [0.1, 0.15) is 11.5 Å². The van der Waals surface area contributed by atoms with Crippen LogP contribution in [0.15, 0.2) is 48.8 Å². The number of hydrogen-bond donors (Lipinski definition) is 3. The SMILES string of the molecule is CN/C=C(\C(=N)C(=O)N1CC(F)(F)CC(C)[C@H]1CNc1ccc(C(F)(F)F)cn1)c1ccc(Cl)cc1. The molecular weight excluding hydrogens is 505 g/mol. The lowest BCUT2D eigenvalue weighted by molar-refractivity contribution is -0.145. The Kier molecular flexibility index (Phi) is 8.22. The molecule has 194 valence electrons. The van der Waals surface area contributed by atoms with Gasteiger partial charge in [0.25, 0.3) is 11.8 Å². The van der Waals surface area contributed by atoms with Crippen LogP contribution in [-0.2, 0) is 11.0 Å². The number of carbonyl (C=O) groups excluding carboxylic acids is 1. The maximum atomic E-state index is 14.5. The Hall–Kier alpha value is -3.21. The number of amides is 1. The van der Waals surface area contributed by atoms with Crippen LogP contribution in [-0.4, -0.2) is 53.6 Å². The van der Waals surface area contributed by atoms with Gasteiger partial charge in [0, 0.05) is 43.0 Å². The number of likely N-dealkylation sites (tertiary alicyclic amines) is 1. The van der Waals surface area contributed by atoms with Gasteiger partial charge < -0.3 is 15.5 Å². The minimum absolute atomic E-state index is 0.0410. The van der Waals surface area contributed by atoms with E-state index in [2.05, 4.69) is 15.6 Å². The molecule has 3 N–H and O–H groups in total. The molecule has 0 radical (unpaired) electrons. The van der Waals surface area contributed by atoms with E-state index in [-0.39, 0.29) is 17.9 Å². The fourth-order valence-corrected chi connectivity index (χ4v) is 4.21. The number of piperidine rings is 1. The van der Waals surface area contributed by atoms with Crippen molar-refractivity contribution >= 4 is 34.6 Å². The molecule has 0 spiro atoms. The number of anilines is 1. The summed E-state index contributed by atoms with van der Waals surface area (Å²) in [4.78, 5) is 18.1. The maximum Gasteiger partial charge on any atom is 0.417 e. The van der Waals surface area contributed by atoms with E-state index < -0.39 is 54.2 Å². The lowest BCUT2D eigenvalue weighted by Gasteiger charge is -2.43. The van der Waals surface area contributed by atoms with Gasteiger partial charge in [-0.1, -0.05) is 30.7 Å². The number of hydrogen-bond acceptors (Lipinski definition) is 5. The standard InChI is InChI=1S/C24H25ClF5N5O/c1-14-9-23(26,27)13-35(19(14)12-34-20-8-5-16(10-33-20)24(28,29)30)22(36)21(31)18(11-32-2)15-3-6-17(25)7-4-15/h3-8,10-11,14,19,31-32H,9,12-13H2,1-2H3,(H,33,34)/b18-11-,31-21?/t14?,19-/m1/s1. The first-order chi connectivity index (χ1) is 16.8. The first-order valence-corrected chi connectivity index (χ1v) is 11.4. The number of benzene rings is 1. The molecule has 1 aliphatic rings. The number of nitrogens with one attached hydrogen (secondary N) is 3. The summed E-state index contributed by atoms with van der Waals surface area (Å²) < 4.78 is 67.3. The molecule has 1 saturated heterocycles. The fourth-order valence-electron chi connectivity index (χ4n) is 4.09. The van der Waals surface area contributed by atoms with E-state index in [0.717, 1.165) is 17.0 Å². The molecule has 1 aliphatic heterocycles. The van der Waals surface area contributed by atoms with Crippen LogP contribution in [0.4, 0.5) is 27.8 Å². The highest BCUT2D eigenvalue weighted by molar-refractivity contribution is 6.54. The van der Waals surface area contributed by atoms with Crippen LogP contribution in [0.25, 0.3) is 5.57 Å². The molecule has 2 atom stereocenters. The summed E-state index contributed by atoms with van der Waals surface area (Å²) in [6, 6.07) is 7.60. The Bertz CT molecular complexity index is 1120. The lowest BCUT2D eigenvalue weighted by Crippen LogP contribution is -2.58. The number of rotatable bonds is 7. The van der Waals surface area contributed by atoms with E-state index in [4.69, 9.17) is 17.0 Å². The lowest BCUT2D eigenvalue weighted by atomic mass is 9.87. The third-order valence-corrected chi connectivity index (χ3v) is 6.10. The number of nitrogens with zero attached hydrogens (tertiary/aromatic N) is 2. The summed E-state index contributed by atoms with van der Waals surface area (Å²) in [5, 5.41) is 14.6. The molecule has 6 nitrogen and oxygen atoms in total. The molecule has 0 bridgehead atoms. The molecule has 3 rings (SSSR count). The number of pyridine rings is 1. The van der Waals surface area contributed by atoms with Gasteiger partial charge in [0.15, 0.2) is 0 Å². The summed E-state index contributed by atoms with van der Waals surface area (Å²) in [6.07, 6.45) is -2.93. The summed E-state index contributed by atoms with van der Waals surface area (Å²) in [5.41, 5.74) is -0.728. The fraction of sp³-hybridized carbons (Fsp3) is 0.375. The van der Waals surface area contributed by atoms with Crippen molar-refractivity contribution in [3.8, 4) is 0 Å². The van der Waals surface area contributed by atoms with E-state index in [1.165, 1.54) is 6.20 Å². The third-order valence-electron chi connectivity index (χ3n) is 5.85. The predicted molar refractivity (Wildman–Crippen MR) is 128 cm³/mol. The largest absolute Gasteiger partial charge is 0.417 e. The topological polar surface area (TPSA) is 81.1 Å². The molecular formula is C24H25ClF5N5O. The van der Waals surface area contributed by atoms with Gasteiger partial charge in [-0.15, -0.1) is 0 Å². The Morgan fingerprint density at radius 1 is 1.25 bits per heavy atom. The second-order valence-electron chi connectivity index (χ2n) is 8.58. The molecule has 36 heavy (non-hydrogen) atoms. The van der Waals surface area contributed by atoms with Crippen LogP contribution >= 0.6 is 11.6 Å². The Morgan fingerprint density at radius 3 is 2.47 bits per heavy atom. The van der Waals surface area contributed by atoms with Gasteiger partial charge in [-0.25, -0.2) is 13.8 Å². The first-order valence-electron chi connectivity index (χ1n) is 11.0. The Morgan fingerprint density at radius 2 is 1.92 bits per heavy atom. The molecule has 1 aromatic heterocycles. The van der Waals surface area contributed by atoms with Crippen molar-refractivity contribution in [3.05, 3.63) is 64.9 Å². The molecule has 0 saturated carbocycles. The summed E-state index contributed by atoms with van der Waals surface area (Å²) in [7, 11) is 1.58. The molecule has 2 aromatic rings. The van der Waals surface area contributed by atoms with Crippen molar-refractivity contribution in [1.82, 2.24) is 15.2 Å². The molecule has 0 aliphatic carbocycles. The molecule has 12 heteroatoms.